The fourth-order valence-electron chi connectivity index (χ4n) is 1.78. The molecule has 0 saturated carbocycles. The molecule has 0 amide bonds. The molecule has 80 valence electrons. The number of aliphatic carboxylic acids is 1. The summed E-state index contributed by atoms with van der Waals surface area (Å²) in [7, 11) is 0. The van der Waals surface area contributed by atoms with E-state index < -0.39 is 5.97 Å². The van der Waals surface area contributed by atoms with Gasteiger partial charge in [0.25, 0.3) is 0 Å². The number of carboxylic acid groups (broad SMARTS) is 1. The Balaban J connectivity index is 3.93. The highest BCUT2D eigenvalue weighted by Crippen LogP contribution is 2.21. The molecule has 0 aliphatic carbocycles. The molecule has 0 aromatic rings. The Morgan fingerprint density at radius 3 is 2.29 bits per heavy atom. The molecule has 0 aromatic carbocycles. The van der Waals surface area contributed by atoms with Gasteiger partial charge in [-0.3, -0.25) is 4.79 Å². The Hall–Kier alpha value is -1.04. The highest BCUT2D eigenvalue weighted by molar-refractivity contribution is 5.67. The van der Waals surface area contributed by atoms with Gasteiger partial charge in [-0.2, -0.15) is 5.26 Å². The highest BCUT2D eigenvalue weighted by Gasteiger charge is 2.16. The average molecular weight is 197 g/mol. The molecule has 0 aliphatic rings. The van der Waals surface area contributed by atoms with E-state index in [4.69, 9.17) is 10.4 Å². The second kappa shape index (κ2) is 6.42. The van der Waals surface area contributed by atoms with Gasteiger partial charge < -0.3 is 5.11 Å². The van der Waals surface area contributed by atoms with Crippen LogP contribution in [0.1, 0.15) is 40.0 Å². The van der Waals surface area contributed by atoms with Crippen molar-refractivity contribution in [2.45, 2.75) is 40.0 Å². The van der Waals surface area contributed by atoms with Gasteiger partial charge >= 0.3 is 5.97 Å². The summed E-state index contributed by atoms with van der Waals surface area (Å²) in [5.74, 6) is -0.178. The van der Waals surface area contributed by atoms with Crippen molar-refractivity contribution < 1.29 is 9.90 Å². The third-order valence-corrected chi connectivity index (χ3v) is 2.16. The Bertz CT molecular complexity index is 218. The number of hydrogen-bond acceptors (Lipinski definition) is 2. The fourth-order valence-corrected chi connectivity index (χ4v) is 1.78. The van der Waals surface area contributed by atoms with Gasteiger partial charge in [0, 0.05) is 0 Å². The lowest BCUT2D eigenvalue weighted by molar-refractivity contribution is -0.137. The van der Waals surface area contributed by atoms with Gasteiger partial charge in [0.15, 0.2) is 0 Å². The largest absolute Gasteiger partial charge is 0.481 e. The molecule has 0 rings (SSSR count). The van der Waals surface area contributed by atoms with Crippen LogP contribution in [0.5, 0.6) is 0 Å². The van der Waals surface area contributed by atoms with Crippen LogP contribution in [-0.2, 0) is 4.79 Å². The summed E-state index contributed by atoms with van der Waals surface area (Å²) in [6, 6.07) is 2.06. The van der Waals surface area contributed by atoms with Crippen LogP contribution in [0, 0.1) is 29.1 Å². The Kier molecular flexibility index (Phi) is 5.94. The van der Waals surface area contributed by atoms with E-state index in [2.05, 4.69) is 26.8 Å². The second-order valence-electron chi connectivity index (χ2n) is 4.39. The van der Waals surface area contributed by atoms with Gasteiger partial charge in [-0.25, -0.2) is 0 Å². The van der Waals surface area contributed by atoms with Crippen molar-refractivity contribution in [3.8, 4) is 6.07 Å². The van der Waals surface area contributed by atoms with Gasteiger partial charge in [0.05, 0.1) is 18.4 Å². The van der Waals surface area contributed by atoms with Crippen LogP contribution in [0.3, 0.4) is 0 Å². The van der Waals surface area contributed by atoms with Crippen molar-refractivity contribution >= 4 is 5.97 Å². The number of nitriles is 1. The SMILES string of the molecule is CC(C)C[C@@H](C)CC(C#N)CC(=O)O. The average Bonchev–Trinajstić information content (AvgIpc) is 2.00. The number of nitrogens with zero attached hydrogens (tertiary/aromatic N) is 1. The predicted octanol–water partition coefficient (Wildman–Crippen LogP) is 2.67. The summed E-state index contributed by atoms with van der Waals surface area (Å²) >= 11 is 0. The van der Waals surface area contributed by atoms with E-state index in [1.54, 1.807) is 0 Å². The van der Waals surface area contributed by atoms with Crippen molar-refractivity contribution in [1.82, 2.24) is 0 Å². The number of carbonyl (C=O) groups is 1. The Labute approximate surface area is 85.7 Å². The van der Waals surface area contributed by atoms with Crippen molar-refractivity contribution in [3.63, 3.8) is 0 Å². The molecule has 0 bridgehead atoms. The summed E-state index contributed by atoms with van der Waals surface area (Å²) < 4.78 is 0. The molecule has 2 atom stereocenters. The van der Waals surface area contributed by atoms with Gasteiger partial charge in [0.1, 0.15) is 0 Å². The van der Waals surface area contributed by atoms with Crippen LogP contribution >= 0.6 is 0 Å². The van der Waals surface area contributed by atoms with E-state index in [0.717, 1.165) is 6.42 Å². The van der Waals surface area contributed by atoms with Gasteiger partial charge in [-0.1, -0.05) is 20.8 Å². The summed E-state index contributed by atoms with van der Waals surface area (Å²) in [5, 5.41) is 17.3. The van der Waals surface area contributed by atoms with Crippen LogP contribution in [-0.4, -0.2) is 11.1 Å². The summed E-state index contributed by atoms with van der Waals surface area (Å²) in [6.07, 6.45) is 1.72. The molecule has 0 saturated heterocycles. The number of rotatable bonds is 6. The quantitative estimate of drug-likeness (QED) is 0.712. The zero-order valence-electron chi connectivity index (χ0n) is 9.16. The maximum Gasteiger partial charge on any atom is 0.304 e. The molecule has 1 unspecified atom stereocenters. The minimum Gasteiger partial charge on any atom is -0.481 e. The molecule has 14 heavy (non-hydrogen) atoms. The third-order valence-electron chi connectivity index (χ3n) is 2.16. The first-order chi connectivity index (χ1) is 6.45. The topological polar surface area (TPSA) is 61.1 Å². The lowest BCUT2D eigenvalue weighted by Gasteiger charge is -2.15. The van der Waals surface area contributed by atoms with Crippen LogP contribution in [0.25, 0.3) is 0 Å². The van der Waals surface area contributed by atoms with Gasteiger partial charge in [0.2, 0.25) is 0 Å². The zero-order valence-corrected chi connectivity index (χ0v) is 9.16. The van der Waals surface area contributed by atoms with Gasteiger partial charge in [-0.15, -0.1) is 0 Å². The van der Waals surface area contributed by atoms with Crippen LogP contribution in [0.2, 0.25) is 0 Å². The summed E-state index contributed by atoms with van der Waals surface area (Å²) in [6.45, 7) is 6.34. The smallest absolute Gasteiger partial charge is 0.304 e. The summed E-state index contributed by atoms with van der Waals surface area (Å²) in [5.41, 5.74) is 0. The molecular formula is C11H19NO2. The van der Waals surface area contributed by atoms with Gasteiger partial charge in [-0.05, 0) is 24.7 Å². The lowest BCUT2D eigenvalue weighted by Crippen LogP contribution is -2.11. The van der Waals surface area contributed by atoms with E-state index in [0.29, 0.717) is 18.3 Å². The van der Waals surface area contributed by atoms with Crippen LogP contribution in [0.15, 0.2) is 0 Å². The van der Waals surface area contributed by atoms with E-state index in [1.165, 1.54) is 0 Å². The normalized spacial score (nSPS) is 14.8. The van der Waals surface area contributed by atoms with E-state index in [1.807, 2.05) is 0 Å². The standard InChI is InChI=1S/C11H19NO2/c1-8(2)4-9(3)5-10(7-12)6-11(13)14/h8-10H,4-6H2,1-3H3,(H,13,14)/t9-,10?/m1/s1. The Morgan fingerprint density at radius 1 is 1.36 bits per heavy atom. The molecule has 0 aromatic heterocycles. The molecular weight excluding hydrogens is 178 g/mol. The van der Waals surface area contributed by atoms with Crippen LogP contribution < -0.4 is 0 Å². The van der Waals surface area contributed by atoms with Crippen LogP contribution in [0.4, 0.5) is 0 Å². The maximum atomic E-state index is 10.4. The van der Waals surface area contributed by atoms with Crippen molar-refractivity contribution in [2.24, 2.45) is 17.8 Å². The monoisotopic (exact) mass is 197 g/mol. The van der Waals surface area contributed by atoms with E-state index >= 15 is 0 Å². The minimum absolute atomic E-state index is 0.0288. The molecule has 0 radical (unpaired) electrons. The molecule has 1 N–H and O–H groups in total. The summed E-state index contributed by atoms with van der Waals surface area (Å²) in [4.78, 5) is 10.4. The maximum absolute atomic E-state index is 10.4. The first-order valence-electron chi connectivity index (χ1n) is 5.07. The van der Waals surface area contributed by atoms with E-state index in [-0.39, 0.29) is 12.3 Å². The first kappa shape index (κ1) is 13.0. The van der Waals surface area contributed by atoms with E-state index in [9.17, 15) is 4.79 Å². The first-order valence-corrected chi connectivity index (χ1v) is 5.07. The fraction of sp³-hybridized carbons (Fsp3) is 0.818. The second-order valence-corrected chi connectivity index (χ2v) is 4.39. The molecule has 0 aliphatic heterocycles. The molecule has 3 heteroatoms. The highest BCUT2D eigenvalue weighted by atomic mass is 16.4. The predicted molar refractivity (Wildman–Crippen MR) is 54.6 cm³/mol. The molecule has 3 nitrogen and oxygen atoms in total. The molecule has 0 spiro atoms. The van der Waals surface area contributed by atoms with Crippen molar-refractivity contribution in [1.29, 1.82) is 5.26 Å². The Morgan fingerprint density at radius 2 is 1.93 bits per heavy atom. The van der Waals surface area contributed by atoms with Crippen molar-refractivity contribution in [3.05, 3.63) is 0 Å². The van der Waals surface area contributed by atoms with Crippen molar-refractivity contribution in [2.75, 3.05) is 0 Å². The molecule has 0 fully saturated rings. The molecule has 0 heterocycles. The minimum atomic E-state index is -0.881. The zero-order chi connectivity index (χ0) is 11.1. The number of carboxylic acids is 1. The lowest BCUT2D eigenvalue weighted by atomic mass is 9.89. The number of hydrogen-bond donors (Lipinski definition) is 1. The third kappa shape index (κ3) is 6.47.